The van der Waals surface area contributed by atoms with Gasteiger partial charge in [-0.1, -0.05) is 6.07 Å². The lowest BCUT2D eigenvalue weighted by Crippen LogP contribution is -2.25. The first-order valence-corrected chi connectivity index (χ1v) is 6.46. The summed E-state index contributed by atoms with van der Waals surface area (Å²) < 4.78 is 26.8. The zero-order valence-electron chi connectivity index (χ0n) is 10.5. The number of amides is 1. The Bertz CT molecular complexity index is 605. The number of hydrogen-bond donors (Lipinski definition) is 1. The molecule has 100 valence electrons. The Morgan fingerprint density at radius 3 is 2.47 bits per heavy atom. The monoisotopic (exact) mass is 282 g/mol. The van der Waals surface area contributed by atoms with E-state index in [1.165, 1.54) is 17.4 Å². The molecule has 0 saturated heterocycles. The summed E-state index contributed by atoms with van der Waals surface area (Å²) in [4.78, 5) is 16.9. The maximum Gasteiger partial charge on any atom is 0.257 e. The van der Waals surface area contributed by atoms with Gasteiger partial charge in [0.05, 0.1) is 17.2 Å². The smallest absolute Gasteiger partial charge is 0.257 e. The minimum Gasteiger partial charge on any atom is -0.347 e. The predicted octanol–water partition coefficient (Wildman–Crippen LogP) is 2.97. The highest BCUT2D eigenvalue weighted by Gasteiger charge is 2.17. The van der Waals surface area contributed by atoms with Crippen LogP contribution in [0.5, 0.6) is 0 Å². The summed E-state index contributed by atoms with van der Waals surface area (Å²) in [5.41, 5.74) is 0.262. The van der Waals surface area contributed by atoms with Crippen molar-refractivity contribution in [3.8, 4) is 0 Å². The second-order valence-electron chi connectivity index (χ2n) is 4.02. The zero-order valence-corrected chi connectivity index (χ0v) is 11.3. The number of thiazole rings is 1. The molecule has 0 radical (unpaired) electrons. The number of carbonyl (C=O) groups excluding carboxylic acids is 1. The average Bonchev–Trinajstić information content (AvgIpc) is 2.65. The first kappa shape index (κ1) is 13.6. The molecule has 1 aromatic carbocycles. The molecule has 0 bridgehead atoms. The largest absolute Gasteiger partial charge is 0.347 e. The second-order valence-corrected chi connectivity index (χ2v) is 5.31. The van der Waals surface area contributed by atoms with E-state index in [0.717, 1.165) is 27.7 Å². The topological polar surface area (TPSA) is 42.0 Å². The highest BCUT2D eigenvalue weighted by molar-refractivity contribution is 7.11. The van der Waals surface area contributed by atoms with Gasteiger partial charge in [0.2, 0.25) is 0 Å². The van der Waals surface area contributed by atoms with Crippen molar-refractivity contribution >= 4 is 17.2 Å². The van der Waals surface area contributed by atoms with E-state index < -0.39 is 23.1 Å². The number of nitrogens with zero attached hydrogens (tertiary/aromatic N) is 1. The van der Waals surface area contributed by atoms with Crippen LogP contribution in [-0.4, -0.2) is 10.9 Å². The molecule has 0 aliphatic heterocycles. The number of halogens is 2. The van der Waals surface area contributed by atoms with Crippen molar-refractivity contribution in [2.75, 3.05) is 0 Å². The Morgan fingerprint density at radius 2 is 1.95 bits per heavy atom. The van der Waals surface area contributed by atoms with E-state index in [1.54, 1.807) is 0 Å². The van der Waals surface area contributed by atoms with E-state index >= 15 is 0 Å². The number of carbonyl (C=O) groups is 1. The third kappa shape index (κ3) is 2.96. The van der Waals surface area contributed by atoms with Gasteiger partial charge in [-0.25, -0.2) is 13.8 Å². The minimum atomic E-state index is -0.866. The Hall–Kier alpha value is -1.82. The second kappa shape index (κ2) is 5.44. The standard InChI is InChI=1S/C13H12F2N2OS/c1-7-11(19-8(2)17-7)6-16-13(18)12-9(14)4-3-5-10(12)15/h3-5H,6H2,1-2H3,(H,16,18). The van der Waals surface area contributed by atoms with Crippen molar-refractivity contribution < 1.29 is 13.6 Å². The maximum absolute atomic E-state index is 13.4. The molecule has 0 unspecified atom stereocenters. The molecule has 1 amide bonds. The van der Waals surface area contributed by atoms with E-state index in [0.29, 0.717) is 0 Å². The third-order valence-corrected chi connectivity index (χ3v) is 3.67. The summed E-state index contributed by atoms with van der Waals surface area (Å²) in [6.45, 7) is 3.90. The first-order valence-electron chi connectivity index (χ1n) is 5.64. The number of aryl methyl sites for hydroxylation is 2. The molecule has 0 saturated carbocycles. The molecular weight excluding hydrogens is 270 g/mol. The number of aromatic nitrogens is 1. The maximum atomic E-state index is 13.4. The van der Waals surface area contributed by atoms with Crippen LogP contribution in [0.1, 0.15) is 25.9 Å². The summed E-state index contributed by atoms with van der Waals surface area (Å²) in [5, 5.41) is 3.39. The van der Waals surface area contributed by atoms with Crippen molar-refractivity contribution in [3.05, 3.63) is 51.0 Å². The summed E-state index contributed by atoms with van der Waals surface area (Å²) in [6, 6.07) is 3.33. The Kier molecular flexibility index (Phi) is 3.90. The van der Waals surface area contributed by atoms with Crippen LogP contribution in [0, 0.1) is 25.5 Å². The first-order chi connectivity index (χ1) is 8.99. The lowest BCUT2D eigenvalue weighted by Gasteiger charge is -2.06. The van der Waals surface area contributed by atoms with Crippen LogP contribution in [-0.2, 0) is 6.54 Å². The molecule has 6 heteroatoms. The van der Waals surface area contributed by atoms with Crippen LogP contribution < -0.4 is 5.32 Å². The molecule has 0 aliphatic carbocycles. The van der Waals surface area contributed by atoms with Gasteiger partial charge in [0.1, 0.15) is 17.2 Å². The van der Waals surface area contributed by atoms with Crippen LogP contribution in [0.2, 0.25) is 0 Å². The van der Waals surface area contributed by atoms with E-state index in [1.807, 2.05) is 13.8 Å². The highest BCUT2D eigenvalue weighted by Crippen LogP contribution is 2.17. The van der Waals surface area contributed by atoms with E-state index in [-0.39, 0.29) is 6.54 Å². The van der Waals surface area contributed by atoms with Gasteiger partial charge in [0.25, 0.3) is 5.91 Å². The Morgan fingerprint density at radius 1 is 1.32 bits per heavy atom. The zero-order chi connectivity index (χ0) is 14.0. The van der Waals surface area contributed by atoms with Crippen molar-refractivity contribution in [3.63, 3.8) is 0 Å². The van der Waals surface area contributed by atoms with Crippen molar-refractivity contribution in [2.24, 2.45) is 0 Å². The minimum absolute atomic E-state index is 0.212. The van der Waals surface area contributed by atoms with Gasteiger partial charge < -0.3 is 5.32 Å². The molecule has 1 N–H and O–H groups in total. The molecule has 1 heterocycles. The Labute approximate surface area is 113 Å². The number of benzene rings is 1. The van der Waals surface area contributed by atoms with E-state index in [9.17, 15) is 13.6 Å². The molecular formula is C13H12F2N2OS. The van der Waals surface area contributed by atoms with Gasteiger partial charge >= 0.3 is 0 Å². The fourth-order valence-corrected chi connectivity index (χ4v) is 2.58. The fourth-order valence-electron chi connectivity index (χ4n) is 1.70. The van der Waals surface area contributed by atoms with Gasteiger partial charge in [-0.2, -0.15) is 0 Å². The lowest BCUT2D eigenvalue weighted by atomic mass is 10.2. The van der Waals surface area contributed by atoms with Crippen LogP contribution in [0.15, 0.2) is 18.2 Å². The number of hydrogen-bond acceptors (Lipinski definition) is 3. The molecule has 3 nitrogen and oxygen atoms in total. The van der Waals surface area contributed by atoms with E-state index in [4.69, 9.17) is 0 Å². The van der Waals surface area contributed by atoms with Gasteiger partial charge in [0, 0.05) is 4.88 Å². The van der Waals surface area contributed by atoms with Gasteiger partial charge in [-0.3, -0.25) is 4.79 Å². The molecule has 0 aliphatic rings. The SMILES string of the molecule is Cc1nc(C)c(CNC(=O)c2c(F)cccc2F)s1. The Balaban J connectivity index is 2.12. The van der Waals surface area contributed by atoms with Crippen LogP contribution in [0.25, 0.3) is 0 Å². The number of rotatable bonds is 3. The van der Waals surface area contributed by atoms with Gasteiger partial charge in [0.15, 0.2) is 0 Å². The molecule has 0 fully saturated rings. The van der Waals surface area contributed by atoms with Gasteiger partial charge in [-0.05, 0) is 26.0 Å². The molecule has 0 spiro atoms. The summed E-state index contributed by atoms with van der Waals surface area (Å²) in [5.74, 6) is -2.49. The van der Waals surface area contributed by atoms with Crippen LogP contribution in [0.3, 0.4) is 0 Å². The summed E-state index contributed by atoms with van der Waals surface area (Å²) in [7, 11) is 0. The van der Waals surface area contributed by atoms with Crippen molar-refractivity contribution in [1.29, 1.82) is 0 Å². The average molecular weight is 282 g/mol. The molecule has 19 heavy (non-hydrogen) atoms. The normalized spacial score (nSPS) is 10.5. The fraction of sp³-hybridized carbons (Fsp3) is 0.231. The van der Waals surface area contributed by atoms with Crippen LogP contribution in [0.4, 0.5) is 8.78 Å². The lowest BCUT2D eigenvalue weighted by molar-refractivity contribution is 0.0943. The highest BCUT2D eigenvalue weighted by atomic mass is 32.1. The summed E-state index contributed by atoms with van der Waals surface area (Å²) in [6.07, 6.45) is 0. The molecule has 2 rings (SSSR count). The van der Waals surface area contributed by atoms with Crippen molar-refractivity contribution in [2.45, 2.75) is 20.4 Å². The molecule has 0 atom stereocenters. The molecule has 2 aromatic rings. The van der Waals surface area contributed by atoms with Gasteiger partial charge in [-0.15, -0.1) is 11.3 Å². The summed E-state index contributed by atoms with van der Waals surface area (Å²) >= 11 is 1.45. The predicted molar refractivity (Wildman–Crippen MR) is 69.1 cm³/mol. The number of nitrogens with one attached hydrogen (secondary N) is 1. The molecule has 1 aromatic heterocycles. The van der Waals surface area contributed by atoms with Crippen molar-refractivity contribution in [1.82, 2.24) is 10.3 Å². The third-order valence-electron chi connectivity index (χ3n) is 2.60. The van der Waals surface area contributed by atoms with E-state index in [2.05, 4.69) is 10.3 Å². The quantitative estimate of drug-likeness (QED) is 0.940. The van der Waals surface area contributed by atoms with Crippen LogP contribution >= 0.6 is 11.3 Å².